The fourth-order valence-electron chi connectivity index (χ4n) is 7.24. The molecule has 0 radical (unpaired) electrons. The molecular weight excluding hydrogens is 556 g/mol. The Morgan fingerprint density at radius 3 is 1.05 bits per heavy atom. The Bertz CT molecular complexity index is 565. The molecule has 1 aliphatic rings. The second-order valence-electron chi connectivity index (χ2n) is 14.6. The molecule has 2 atom stereocenters. The predicted octanol–water partition coefficient (Wildman–Crippen LogP) is 14.7. The Morgan fingerprint density at radius 2 is 0.750 bits per heavy atom. The Balaban J connectivity index is 0.0000185. The van der Waals surface area contributed by atoms with Gasteiger partial charge in [0.1, 0.15) is 0 Å². The quantitative estimate of drug-likeness (QED) is 0.0695. The van der Waals surface area contributed by atoms with Gasteiger partial charge in [-0.2, -0.15) is 0 Å². The largest absolute Gasteiger partial charge is 0.370 e. The summed E-state index contributed by atoms with van der Waals surface area (Å²) < 4.78 is 0. The number of unbranched alkanes of at least 4 members (excludes halogenated alkanes) is 27. The second kappa shape index (κ2) is 35.5. The van der Waals surface area contributed by atoms with Crippen molar-refractivity contribution >= 4 is 12.4 Å². The van der Waals surface area contributed by atoms with Crippen LogP contribution in [-0.4, -0.2) is 18.1 Å². The number of hydrogen-bond acceptors (Lipinski definition) is 2. The fourth-order valence-corrected chi connectivity index (χ4v) is 7.24. The normalized spacial score (nSPS) is 15.1. The van der Waals surface area contributed by atoms with Gasteiger partial charge in [-0.05, 0) is 18.8 Å². The third-order valence-electron chi connectivity index (χ3n) is 10.4. The maximum atomic E-state index is 3.46. The molecule has 0 bridgehead atoms. The molecule has 264 valence electrons. The van der Waals surface area contributed by atoms with Crippen LogP contribution in [0.1, 0.15) is 232 Å². The van der Waals surface area contributed by atoms with Gasteiger partial charge in [0.15, 0.2) is 0 Å². The van der Waals surface area contributed by atoms with Crippen molar-refractivity contribution in [1.82, 2.24) is 10.2 Å². The van der Waals surface area contributed by atoms with Crippen molar-refractivity contribution in [3.05, 3.63) is 12.4 Å². The van der Waals surface area contributed by atoms with Crippen LogP contribution in [0.3, 0.4) is 0 Å². The van der Waals surface area contributed by atoms with Gasteiger partial charge in [0.05, 0.1) is 6.17 Å². The molecule has 44 heavy (non-hydrogen) atoms. The first-order chi connectivity index (χ1) is 21.3. The zero-order chi connectivity index (χ0) is 30.9. The lowest BCUT2D eigenvalue weighted by atomic mass is 9.89. The second-order valence-corrected chi connectivity index (χ2v) is 14.6. The molecule has 1 aliphatic heterocycles. The third-order valence-corrected chi connectivity index (χ3v) is 10.4. The monoisotopic (exact) mass is 639 g/mol. The topological polar surface area (TPSA) is 15.3 Å². The average Bonchev–Trinajstić information content (AvgIpc) is 3.43. The van der Waals surface area contributed by atoms with E-state index in [0.29, 0.717) is 6.17 Å². The summed E-state index contributed by atoms with van der Waals surface area (Å²) in [6, 6.07) is 0. The van der Waals surface area contributed by atoms with Crippen molar-refractivity contribution in [3.63, 3.8) is 0 Å². The van der Waals surface area contributed by atoms with Crippen molar-refractivity contribution in [2.24, 2.45) is 5.92 Å². The molecule has 0 aromatic heterocycles. The summed E-state index contributed by atoms with van der Waals surface area (Å²) in [5.74, 6) is 1.02. The molecule has 1 heterocycles. The SMILES string of the molecule is CCCCCCCCCCCCCCCCCCC(CCCCCCCCCC)CCCCCCCCC1NC=CN1C.Cl. The van der Waals surface area contributed by atoms with Crippen molar-refractivity contribution in [2.75, 3.05) is 7.05 Å². The summed E-state index contributed by atoms with van der Waals surface area (Å²) in [5.41, 5.74) is 0. The molecular formula is C41H83ClN2. The number of hydrogen-bond donors (Lipinski definition) is 1. The predicted molar refractivity (Wildman–Crippen MR) is 203 cm³/mol. The Labute approximate surface area is 285 Å². The molecule has 1 N–H and O–H groups in total. The smallest absolute Gasteiger partial charge is 0.0978 e. The summed E-state index contributed by atoms with van der Waals surface area (Å²) in [6.45, 7) is 4.64. The Morgan fingerprint density at radius 1 is 0.455 bits per heavy atom. The molecule has 3 heteroatoms. The van der Waals surface area contributed by atoms with Gasteiger partial charge in [-0.1, -0.05) is 219 Å². The molecule has 0 saturated heterocycles. The van der Waals surface area contributed by atoms with Crippen molar-refractivity contribution in [3.8, 4) is 0 Å². The maximum absolute atomic E-state index is 3.46. The van der Waals surface area contributed by atoms with Gasteiger partial charge in [0, 0.05) is 19.4 Å². The van der Waals surface area contributed by atoms with Gasteiger partial charge in [0.2, 0.25) is 0 Å². The number of nitrogens with one attached hydrogen (secondary N) is 1. The summed E-state index contributed by atoms with van der Waals surface area (Å²) in [4.78, 5) is 2.31. The van der Waals surface area contributed by atoms with E-state index in [1.165, 1.54) is 218 Å². The summed E-state index contributed by atoms with van der Waals surface area (Å²) in [5, 5.41) is 3.46. The van der Waals surface area contributed by atoms with Crippen molar-refractivity contribution in [2.45, 2.75) is 238 Å². The van der Waals surface area contributed by atoms with Gasteiger partial charge in [0.25, 0.3) is 0 Å². The highest BCUT2D eigenvalue weighted by molar-refractivity contribution is 5.85. The molecule has 0 aliphatic carbocycles. The van der Waals surface area contributed by atoms with E-state index < -0.39 is 0 Å². The van der Waals surface area contributed by atoms with E-state index >= 15 is 0 Å². The lowest BCUT2D eigenvalue weighted by molar-refractivity contribution is 0.303. The highest BCUT2D eigenvalue weighted by atomic mass is 35.5. The minimum Gasteiger partial charge on any atom is -0.370 e. The summed E-state index contributed by atoms with van der Waals surface area (Å²) in [7, 11) is 2.19. The first-order valence-corrected chi connectivity index (χ1v) is 20.4. The average molecular weight is 640 g/mol. The Hall–Kier alpha value is -0.370. The van der Waals surface area contributed by atoms with Crippen LogP contribution in [0, 0.1) is 5.92 Å². The zero-order valence-electron chi connectivity index (χ0n) is 30.7. The van der Waals surface area contributed by atoms with E-state index in [0.717, 1.165) is 5.92 Å². The van der Waals surface area contributed by atoms with E-state index in [4.69, 9.17) is 0 Å². The molecule has 0 aromatic carbocycles. The standard InChI is InChI=1S/C41H82N2.ClH/c1-4-6-8-10-12-14-15-16-17-18-19-20-21-23-27-31-35-40(34-30-26-22-13-11-9-7-5-2)36-32-28-24-25-29-33-37-41-42-38-39-43(41)3;/h38-42H,4-37H2,1-3H3;1H. The lowest BCUT2D eigenvalue weighted by Crippen LogP contribution is -2.32. The molecule has 2 nitrogen and oxygen atoms in total. The summed E-state index contributed by atoms with van der Waals surface area (Å²) in [6.07, 6.45) is 54.6. The van der Waals surface area contributed by atoms with Gasteiger partial charge in [-0.3, -0.25) is 0 Å². The maximum Gasteiger partial charge on any atom is 0.0978 e. The third kappa shape index (κ3) is 29.1. The zero-order valence-corrected chi connectivity index (χ0v) is 31.5. The Kier molecular flexibility index (Phi) is 35.2. The van der Waals surface area contributed by atoms with Crippen LogP contribution in [0.4, 0.5) is 0 Å². The van der Waals surface area contributed by atoms with Gasteiger partial charge >= 0.3 is 0 Å². The number of nitrogens with zero attached hydrogens (tertiary/aromatic N) is 1. The first kappa shape index (κ1) is 43.6. The van der Waals surface area contributed by atoms with E-state index in [2.05, 4.69) is 43.5 Å². The van der Waals surface area contributed by atoms with E-state index in [9.17, 15) is 0 Å². The minimum atomic E-state index is 0. The van der Waals surface area contributed by atoms with Gasteiger partial charge in [-0.15, -0.1) is 12.4 Å². The van der Waals surface area contributed by atoms with E-state index in [-0.39, 0.29) is 12.4 Å². The van der Waals surface area contributed by atoms with Crippen LogP contribution in [0.25, 0.3) is 0 Å². The van der Waals surface area contributed by atoms with Crippen LogP contribution >= 0.6 is 12.4 Å². The number of halogens is 1. The first-order valence-electron chi connectivity index (χ1n) is 20.4. The highest BCUT2D eigenvalue weighted by Gasteiger charge is 2.13. The summed E-state index contributed by atoms with van der Waals surface area (Å²) >= 11 is 0. The van der Waals surface area contributed by atoms with E-state index in [1.807, 2.05) is 0 Å². The van der Waals surface area contributed by atoms with Crippen LogP contribution in [0.15, 0.2) is 12.4 Å². The molecule has 0 spiro atoms. The van der Waals surface area contributed by atoms with Gasteiger partial charge < -0.3 is 10.2 Å². The van der Waals surface area contributed by atoms with E-state index in [1.54, 1.807) is 0 Å². The molecule has 0 fully saturated rings. The van der Waals surface area contributed by atoms with Crippen LogP contribution in [-0.2, 0) is 0 Å². The molecule has 0 saturated carbocycles. The van der Waals surface area contributed by atoms with Crippen molar-refractivity contribution in [1.29, 1.82) is 0 Å². The van der Waals surface area contributed by atoms with Crippen LogP contribution in [0.5, 0.6) is 0 Å². The molecule has 0 amide bonds. The van der Waals surface area contributed by atoms with Gasteiger partial charge in [-0.25, -0.2) is 0 Å². The highest BCUT2D eigenvalue weighted by Crippen LogP contribution is 2.25. The van der Waals surface area contributed by atoms with Crippen molar-refractivity contribution < 1.29 is 0 Å². The fraction of sp³-hybridized carbons (Fsp3) is 0.951. The number of rotatable bonds is 35. The van der Waals surface area contributed by atoms with Crippen LogP contribution < -0.4 is 5.32 Å². The minimum absolute atomic E-state index is 0. The lowest BCUT2D eigenvalue weighted by Gasteiger charge is -2.20. The molecule has 2 unspecified atom stereocenters. The molecule has 0 aromatic rings. The van der Waals surface area contributed by atoms with Crippen LogP contribution in [0.2, 0.25) is 0 Å². The molecule has 1 rings (SSSR count).